The summed E-state index contributed by atoms with van der Waals surface area (Å²) < 4.78 is 0. The number of aromatic nitrogens is 1. The molecule has 1 amide bonds. The number of fused-ring (bicyclic) bond motifs is 2. The molecular formula is C25H17ClN2OS. The summed E-state index contributed by atoms with van der Waals surface area (Å²) >= 11 is 7.95. The number of thiophene rings is 1. The molecule has 146 valence electrons. The van der Waals surface area contributed by atoms with Gasteiger partial charge in [0.2, 0.25) is 0 Å². The normalized spacial score (nSPS) is 11.1. The van der Waals surface area contributed by atoms with Gasteiger partial charge in [-0.25, -0.2) is 4.98 Å². The van der Waals surface area contributed by atoms with Crippen LogP contribution in [-0.2, 0) is 0 Å². The number of hydrogen-bond acceptors (Lipinski definition) is 3. The number of amides is 1. The zero-order valence-corrected chi connectivity index (χ0v) is 17.7. The molecule has 0 unspecified atom stereocenters. The first-order valence-corrected chi connectivity index (χ1v) is 10.8. The largest absolute Gasteiger partial charge is 0.321 e. The minimum absolute atomic E-state index is 0.168. The Morgan fingerprint density at radius 1 is 0.967 bits per heavy atom. The lowest BCUT2D eigenvalue weighted by Gasteiger charge is -2.13. The second-order valence-electron chi connectivity index (χ2n) is 7.08. The summed E-state index contributed by atoms with van der Waals surface area (Å²) in [5.74, 6) is -0.168. The van der Waals surface area contributed by atoms with Gasteiger partial charge in [0.25, 0.3) is 5.91 Å². The Hall–Kier alpha value is -3.21. The van der Waals surface area contributed by atoms with Gasteiger partial charge in [-0.3, -0.25) is 4.79 Å². The van der Waals surface area contributed by atoms with Crippen molar-refractivity contribution < 1.29 is 4.79 Å². The van der Waals surface area contributed by atoms with Gasteiger partial charge in [0.1, 0.15) is 0 Å². The van der Waals surface area contributed by atoms with E-state index in [-0.39, 0.29) is 5.91 Å². The molecule has 5 heteroatoms. The lowest BCUT2D eigenvalue weighted by atomic mass is 10.0. The standard InChI is InChI=1S/C25H17ClN2OS/c1-15-20(26)12-11-18-19(14-22(27-24(15)18)23-10-5-13-30-23)25(29)28-21-9-4-7-16-6-2-3-8-17(16)21/h2-14H,1H3,(H,28,29). The average Bonchev–Trinajstić information content (AvgIpc) is 3.31. The molecule has 0 spiro atoms. The van der Waals surface area contributed by atoms with Crippen LogP contribution in [0.5, 0.6) is 0 Å². The van der Waals surface area contributed by atoms with Crippen molar-refractivity contribution >= 4 is 56.2 Å². The number of nitrogens with zero attached hydrogens (tertiary/aromatic N) is 1. The van der Waals surface area contributed by atoms with Crippen molar-refractivity contribution in [2.75, 3.05) is 5.32 Å². The highest BCUT2D eigenvalue weighted by atomic mass is 35.5. The Morgan fingerprint density at radius 3 is 2.63 bits per heavy atom. The van der Waals surface area contributed by atoms with Gasteiger partial charge in [-0.15, -0.1) is 11.3 Å². The molecular weight excluding hydrogens is 412 g/mol. The molecule has 0 bridgehead atoms. The second kappa shape index (κ2) is 7.56. The molecule has 2 heterocycles. The van der Waals surface area contributed by atoms with E-state index in [1.54, 1.807) is 11.3 Å². The van der Waals surface area contributed by atoms with Crippen molar-refractivity contribution in [2.45, 2.75) is 6.92 Å². The van der Waals surface area contributed by atoms with E-state index in [2.05, 4.69) is 5.32 Å². The number of anilines is 1. The van der Waals surface area contributed by atoms with Gasteiger partial charge >= 0.3 is 0 Å². The zero-order valence-electron chi connectivity index (χ0n) is 16.1. The summed E-state index contributed by atoms with van der Waals surface area (Å²) in [4.78, 5) is 19.3. The first-order valence-electron chi connectivity index (χ1n) is 9.54. The average molecular weight is 429 g/mol. The van der Waals surface area contributed by atoms with Crippen LogP contribution in [0.25, 0.3) is 32.2 Å². The molecule has 3 aromatic carbocycles. The minimum Gasteiger partial charge on any atom is -0.321 e. The van der Waals surface area contributed by atoms with E-state index in [1.807, 2.05) is 85.1 Å². The number of halogens is 1. The maximum Gasteiger partial charge on any atom is 0.256 e. The molecule has 0 aliphatic carbocycles. The highest BCUT2D eigenvalue weighted by Gasteiger charge is 2.17. The van der Waals surface area contributed by atoms with Crippen molar-refractivity contribution in [3.05, 3.63) is 94.3 Å². The molecule has 5 aromatic rings. The van der Waals surface area contributed by atoms with Gasteiger partial charge in [-0.05, 0) is 47.5 Å². The molecule has 0 atom stereocenters. The number of aryl methyl sites for hydroxylation is 1. The topological polar surface area (TPSA) is 42.0 Å². The minimum atomic E-state index is -0.168. The molecule has 1 N–H and O–H groups in total. The highest BCUT2D eigenvalue weighted by Crippen LogP contribution is 2.32. The van der Waals surface area contributed by atoms with Crippen LogP contribution in [0.1, 0.15) is 15.9 Å². The summed E-state index contributed by atoms with van der Waals surface area (Å²) in [6, 6.07) is 23.4. The highest BCUT2D eigenvalue weighted by molar-refractivity contribution is 7.13. The molecule has 3 nitrogen and oxygen atoms in total. The molecule has 0 radical (unpaired) electrons. The van der Waals surface area contributed by atoms with Gasteiger partial charge in [0.15, 0.2) is 0 Å². The van der Waals surface area contributed by atoms with Crippen LogP contribution >= 0.6 is 22.9 Å². The van der Waals surface area contributed by atoms with E-state index < -0.39 is 0 Å². The Bertz CT molecular complexity index is 1400. The maximum atomic E-state index is 13.4. The maximum absolute atomic E-state index is 13.4. The summed E-state index contributed by atoms with van der Waals surface area (Å²) in [6.07, 6.45) is 0. The number of carbonyl (C=O) groups is 1. The van der Waals surface area contributed by atoms with Crippen LogP contribution < -0.4 is 5.32 Å². The predicted molar refractivity (Wildman–Crippen MR) is 127 cm³/mol. The van der Waals surface area contributed by atoms with E-state index in [9.17, 15) is 4.79 Å². The van der Waals surface area contributed by atoms with Gasteiger partial charge in [-0.1, -0.05) is 60.1 Å². The van der Waals surface area contributed by atoms with E-state index in [0.717, 1.165) is 43.5 Å². The zero-order chi connectivity index (χ0) is 20.7. The Morgan fingerprint density at radius 2 is 1.80 bits per heavy atom. The van der Waals surface area contributed by atoms with Crippen LogP contribution in [0.15, 0.2) is 78.2 Å². The summed E-state index contributed by atoms with van der Waals surface area (Å²) in [5.41, 5.74) is 3.75. The van der Waals surface area contributed by atoms with Crippen molar-refractivity contribution in [1.82, 2.24) is 4.98 Å². The Balaban J connectivity index is 1.67. The monoisotopic (exact) mass is 428 g/mol. The number of nitrogens with one attached hydrogen (secondary N) is 1. The van der Waals surface area contributed by atoms with Crippen LogP contribution in [-0.4, -0.2) is 10.9 Å². The Labute approximate surface area is 183 Å². The quantitative estimate of drug-likeness (QED) is 0.327. The third-order valence-electron chi connectivity index (χ3n) is 5.22. The molecule has 0 saturated heterocycles. The second-order valence-corrected chi connectivity index (χ2v) is 8.44. The van der Waals surface area contributed by atoms with Gasteiger partial charge < -0.3 is 5.32 Å². The van der Waals surface area contributed by atoms with Crippen LogP contribution in [0.2, 0.25) is 5.02 Å². The number of rotatable bonds is 3. The third-order valence-corrected chi connectivity index (χ3v) is 6.53. The SMILES string of the molecule is Cc1c(Cl)ccc2c(C(=O)Nc3cccc4ccccc34)cc(-c3cccs3)nc12. The van der Waals surface area contributed by atoms with Gasteiger partial charge in [-0.2, -0.15) is 0 Å². The molecule has 2 aromatic heterocycles. The van der Waals surface area contributed by atoms with Crippen LogP contribution in [0.3, 0.4) is 0 Å². The van der Waals surface area contributed by atoms with E-state index in [1.165, 1.54) is 0 Å². The number of carbonyl (C=O) groups excluding carboxylic acids is 1. The number of pyridine rings is 1. The fourth-order valence-corrected chi connectivity index (χ4v) is 4.51. The molecule has 0 aliphatic heterocycles. The lowest BCUT2D eigenvalue weighted by molar-refractivity contribution is 0.102. The summed E-state index contributed by atoms with van der Waals surface area (Å²) in [6.45, 7) is 1.93. The first kappa shape index (κ1) is 18.8. The lowest BCUT2D eigenvalue weighted by Crippen LogP contribution is -2.13. The molecule has 30 heavy (non-hydrogen) atoms. The summed E-state index contributed by atoms with van der Waals surface area (Å²) in [7, 11) is 0. The molecule has 0 aliphatic rings. The van der Waals surface area contributed by atoms with Gasteiger partial charge in [0, 0.05) is 21.5 Å². The van der Waals surface area contributed by atoms with Crippen LogP contribution in [0, 0.1) is 6.92 Å². The molecule has 5 rings (SSSR count). The van der Waals surface area contributed by atoms with E-state index in [4.69, 9.17) is 16.6 Å². The Kier molecular flexibility index (Phi) is 4.74. The fraction of sp³-hybridized carbons (Fsp3) is 0.0400. The third kappa shape index (κ3) is 3.24. The van der Waals surface area contributed by atoms with E-state index >= 15 is 0 Å². The molecule has 0 fully saturated rings. The molecule has 0 saturated carbocycles. The van der Waals surface area contributed by atoms with Gasteiger partial charge in [0.05, 0.1) is 21.7 Å². The number of hydrogen-bond donors (Lipinski definition) is 1. The summed E-state index contributed by atoms with van der Waals surface area (Å²) in [5, 5.41) is 8.61. The van der Waals surface area contributed by atoms with Crippen LogP contribution in [0.4, 0.5) is 5.69 Å². The predicted octanol–water partition coefficient (Wildman–Crippen LogP) is 7.33. The number of benzene rings is 3. The van der Waals surface area contributed by atoms with Crippen molar-refractivity contribution in [3.8, 4) is 10.6 Å². The fourth-order valence-electron chi connectivity index (χ4n) is 3.67. The van der Waals surface area contributed by atoms with Crippen molar-refractivity contribution in [3.63, 3.8) is 0 Å². The van der Waals surface area contributed by atoms with Crippen molar-refractivity contribution in [2.24, 2.45) is 0 Å². The van der Waals surface area contributed by atoms with Crippen molar-refractivity contribution in [1.29, 1.82) is 0 Å². The van der Waals surface area contributed by atoms with E-state index in [0.29, 0.717) is 10.6 Å². The smallest absolute Gasteiger partial charge is 0.256 e. The first-order chi connectivity index (χ1) is 14.6.